The summed E-state index contributed by atoms with van der Waals surface area (Å²) in [6.07, 6.45) is 0. The van der Waals surface area contributed by atoms with Crippen molar-refractivity contribution in [1.29, 1.82) is 0 Å². The van der Waals surface area contributed by atoms with Crippen LogP contribution >= 0.6 is 0 Å². The molecule has 4 heteroatoms. The first-order valence-corrected chi connectivity index (χ1v) is 6.90. The molecule has 4 nitrogen and oxygen atoms in total. The van der Waals surface area contributed by atoms with E-state index in [1.54, 1.807) is 23.1 Å². The Kier molecular flexibility index (Phi) is 4.48. The van der Waals surface area contributed by atoms with Gasteiger partial charge in [0.05, 0.1) is 18.4 Å². The quantitative estimate of drug-likeness (QED) is 0.877. The number of hydrogen-bond donors (Lipinski definition) is 1. The minimum Gasteiger partial charge on any atom is -0.494 e. The summed E-state index contributed by atoms with van der Waals surface area (Å²) < 4.78 is 5.29. The van der Waals surface area contributed by atoms with Crippen molar-refractivity contribution in [2.24, 2.45) is 0 Å². The smallest absolute Gasteiger partial charge is 0.262 e. The van der Waals surface area contributed by atoms with Crippen LogP contribution in [0.3, 0.4) is 0 Å². The molecule has 0 aliphatic carbocycles. The monoisotopic (exact) mass is 284 g/mol. The fourth-order valence-electron chi connectivity index (χ4n) is 2.39. The van der Waals surface area contributed by atoms with Crippen LogP contribution in [0.2, 0.25) is 0 Å². The van der Waals surface area contributed by atoms with Crippen LogP contribution in [-0.4, -0.2) is 19.6 Å². The molecule has 0 fully saturated rings. The Labute approximate surface area is 125 Å². The molecule has 0 atom stereocenters. The highest BCUT2D eigenvalue weighted by molar-refractivity contribution is 6.09. The molecule has 0 bridgehead atoms. The summed E-state index contributed by atoms with van der Waals surface area (Å²) in [4.78, 5) is 14.6. The highest BCUT2D eigenvalue weighted by Gasteiger charge is 2.21. The molecule has 110 valence electrons. The van der Waals surface area contributed by atoms with E-state index < -0.39 is 0 Å². The third-order valence-corrected chi connectivity index (χ3v) is 3.45. The fourth-order valence-corrected chi connectivity index (χ4v) is 2.39. The first-order valence-electron chi connectivity index (χ1n) is 6.90. The number of benzene rings is 2. The maximum atomic E-state index is 12.9. The summed E-state index contributed by atoms with van der Waals surface area (Å²) in [5.41, 5.74) is 8.77. The van der Waals surface area contributed by atoms with Gasteiger partial charge in [-0.15, -0.1) is 0 Å². The predicted octanol–water partition coefficient (Wildman–Crippen LogP) is 3.25. The van der Waals surface area contributed by atoms with Gasteiger partial charge in [0.25, 0.3) is 5.91 Å². The lowest BCUT2D eigenvalue weighted by molar-refractivity contribution is 0.0985. The first-order chi connectivity index (χ1) is 10.1. The number of nitrogens with zero attached hydrogens (tertiary/aromatic N) is 1. The summed E-state index contributed by atoms with van der Waals surface area (Å²) in [6.45, 7) is 4.51. The van der Waals surface area contributed by atoms with Gasteiger partial charge >= 0.3 is 0 Å². The Morgan fingerprint density at radius 3 is 2.52 bits per heavy atom. The number of para-hydroxylation sites is 2. The first kappa shape index (κ1) is 14.9. The Balaban J connectivity index is 2.47. The lowest BCUT2D eigenvalue weighted by Gasteiger charge is -2.24. The summed E-state index contributed by atoms with van der Waals surface area (Å²) in [6, 6.07) is 13.0. The Hall–Kier alpha value is -2.49. The zero-order chi connectivity index (χ0) is 15.4. The number of carbonyl (C=O) groups is 1. The van der Waals surface area contributed by atoms with E-state index in [4.69, 9.17) is 10.5 Å². The van der Waals surface area contributed by atoms with Gasteiger partial charge in [-0.2, -0.15) is 0 Å². The van der Waals surface area contributed by atoms with Crippen LogP contribution < -0.4 is 15.4 Å². The van der Waals surface area contributed by atoms with Crippen LogP contribution in [0.25, 0.3) is 0 Å². The number of ether oxygens (including phenoxy) is 1. The molecule has 0 heterocycles. The van der Waals surface area contributed by atoms with Crippen molar-refractivity contribution in [2.75, 3.05) is 24.3 Å². The van der Waals surface area contributed by atoms with Crippen molar-refractivity contribution in [3.63, 3.8) is 0 Å². The van der Waals surface area contributed by atoms with Gasteiger partial charge < -0.3 is 15.4 Å². The van der Waals surface area contributed by atoms with E-state index in [9.17, 15) is 4.79 Å². The van der Waals surface area contributed by atoms with E-state index in [0.717, 1.165) is 11.3 Å². The van der Waals surface area contributed by atoms with Crippen molar-refractivity contribution in [1.82, 2.24) is 0 Å². The lowest BCUT2D eigenvalue weighted by Crippen LogP contribution is -2.31. The number of aryl methyl sites for hydroxylation is 1. The van der Waals surface area contributed by atoms with Gasteiger partial charge in [-0.1, -0.05) is 24.3 Å². The third kappa shape index (κ3) is 2.84. The topological polar surface area (TPSA) is 55.6 Å². The largest absolute Gasteiger partial charge is 0.494 e. The normalized spacial score (nSPS) is 10.2. The predicted molar refractivity (Wildman–Crippen MR) is 85.9 cm³/mol. The zero-order valence-corrected chi connectivity index (χ0v) is 12.6. The van der Waals surface area contributed by atoms with Crippen molar-refractivity contribution in [3.8, 4) is 5.75 Å². The maximum absolute atomic E-state index is 12.9. The Bertz CT molecular complexity index is 653. The second-order valence-electron chi connectivity index (χ2n) is 4.76. The number of carbonyl (C=O) groups excluding carboxylic acids is 1. The molecule has 0 aromatic heterocycles. The lowest BCUT2D eigenvalue weighted by atomic mass is 10.1. The molecule has 2 aromatic carbocycles. The molecule has 0 saturated carbocycles. The second-order valence-corrected chi connectivity index (χ2v) is 4.76. The Morgan fingerprint density at radius 2 is 1.90 bits per heavy atom. The number of amides is 1. The number of anilines is 2. The SMILES string of the molecule is CCN(C(=O)c1cccc(N)c1OC)c1ccccc1C. The van der Waals surface area contributed by atoms with Crippen molar-refractivity contribution in [2.45, 2.75) is 13.8 Å². The van der Waals surface area contributed by atoms with E-state index in [-0.39, 0.29) is 5.91 Å². The molecule has 0 spiro atoms. The van der Waals surface area contributed by atoms with Gasteiger partial charge in [-0.3, -0.25) is 4.79 Å². The van der Waals surface area contributed by atoms with Crippen LogP contribution in [0.15, 0.2) is 42.5 Å². The van der Waals surface area contributed by atoms with Gasteiger partial charge in [0.1, 0.15) is 0 Å². The Morgan fingerprint density at radius 1 is 1.19 bits per heavy atom. The molecule has 0 unspecified atom stereocenters. The maximum Gasteiger partial charge on any atom is 0.262 e. The minimum atomic E-state index is -0.115. The van der Waals surface area contributed by atoms with E-state index in [2.05, 4.69) is 0 Å². The molecule has 0 saturated heterocycles. The van der Waals surface area contributed by atoms with E-state index >= 15 is 0 Å². The number of hydrogen-bond acceptors (Lipinski definition) is 3. The molecular formula is C17H20N2O2. The van der Waals surface area contributed by atoms with Crippen molar-refractivity contribution >= 4 is 17.3 Å². The highest BCUT2D eigenvalue weighted by Crippen LogP contribution is 2.29. The van der Waals surface area contributed by atoms with Crippen molar-refractivity contribution < 1.29 is 9.53 Å². The summed E-state index contributed by atoms with van der Waals surface area (Å²) in [5, 5.41) is 0. The summed E-state index contributed by atoms with van der Waals surface area (Å²) in [7, 11) is 1.52. The van der Waals surface area contributed by atoms with Gasteiger partial charge in [-0.25, -0.2) is 0 Å². The number of rotatable bonds is 4. The van der Waals surface area contributed by atoms with Crippen LogP contribution in [0.1, 0.15) is 22.8 Å². The van der Waals surface area contributed by atoms with Gasteiger partial charge in [0.15, 0.2) is 5.75 Å². The molecular weight excluding hydrogens is 264 g/mol. The zero-order valence-electron chi connectivity index (χ0n) is 12.6. The van der Waals surface area contributed by atoms with Crippen LogP contribution in [0.4, 0.5) is 11.4 Å². The molecule has 2 rings (SSSR count). The molecule has 2 aromatic rings. The molecule has 0 radical (unpaired) electrons. The average molecular weight is 284 g/mol. The molecule has 21 heavy (non-hydrogen) atoms. The van der Waals surface area contributed by atoms with Gasteiger partial charge in [-0.05, 0) is 37.6 Å². The molecule has 2 N–H and O–H groups in total. The third-order valence-electron chi connectivity index (χ3n) is 3.45. The van der Waals surface area contributed by atoms with Gasteiger partial charge in [0, 0.05) is 12.2 Å². The molecule has 0 aliphatic heterocycles. The van der Waals surface area contributed by atoms with Crippen molar-refractivity contribution in [3.05, 3.63) is 53.6 Å². The summed E-state index contributed by atoms with van der Waals surface area (Å²) in [5.74, 6) is 0.311. The second kappa shape index (κ2) is 6.31. The molecule has 0 aliphatic rings. The number of nitrogens with two attached hydrogens (primary N) is 1. The number of nitrogen functional groups attached to an aromatic ring is 1. The van der Waals surface area contributed by atoms with Crippen LogP contribution in [0.5, 0.6) is 5.75 Å². The van der Waals surface area contributed by atoms with E-state index in [1.165, 1.54) is 7.11 Å². The molecule has 1 amide bonds. The van der Waals surface area contributed by atoms with E-state index in [0.29, 0.717) is 23.5 Å². The average Bonchev–Trinajstić information content (AvgIpc) is 2.49. The summed E-state index contributed by atoms with van der Waals surface area (Å²) >= 11 is 0. The minimum absolute atomic E-state index is 0.115. The fraction of sp³-hybridized carbons (Fsp3) is 0.235. The van der Waals surface area contributed by atoms with Gasteiger partial charge in [0.2, 0.25) is 0 Å². The van der Waals surface area contributed by atoms with E-state index in [1.807, 2.05) is 38.1 Å². The van der Waals surface area contributed by atoms with Crippen LogP contribution in [0, 0.1) is 6.92 Å². The number of methoxy groups -OCH3 is 1. The standard InChI is InChI=1S/C17H20N2O2/c1-4-19(15-11-6-5-8-12(15)2)17(20)13-9-7-10-14(18)16(13)21-3/h5-11H,4,18H2,1-3H3. The highest BCUT2D eigenvalue weighted by atomic mass is 16.5. The van der Waals surface area contributed by atoms with Crippen LogP contribution in [-0.2, 0) is 0 Å².